The number of hydrogen-bond donors (Lipinski definition) is 1. The normalized spacial score (nSPS) is 19.2. The Morgan fingerprint density at radius 3 is 2.95 bits per heavy atom. The smallest absolute Gasteiger partial charge is 0.159 e. The van der Waals surface area contributed by atoms with Gasteiger partial charge < -0.3 is 9.30 Å². The van der Waals surface area contributed by atoms with Gasteiger partial charge in [-0.25, -0.2) is 0 Å². The molecule has 0 aromatic carbocycles. The first-order valence-corrected chi connectivity index (χ1v) is 6.85. The van der Waals surface area contributed by atoms with E-state index >= 15 is 0 Å². The number of aromatic amines is 1. The lowest BCUT2D eigenvalue weighted by Gasteiger charge is -2.33. The maximum absolute atomic E-state index is 5.16. The highest BCUT2D eigenvalue weighted by Crippen LogP contribution is 2.25. The van der Waals surface area contributed by atoms with E-state index in [9.17, 15) is 0 Å². The van der Waals surface area contributed by atoms with E-state index in [0.29, 0.717) is 6.61 Å². The summed E-state index contributed by atoms with van der Waals surface area (Å²) in [5.74, 6) is 1.92. The molecule has 7 nitrogen and oxygen atoms in total. The minimum atomic E-state index is 0.235. The molecule has 1 atom stereocenters. The van der Waals surface area contributed by atoms with Crippen molar-refractivity contribution < 1.29 is 4.74 Å². The highest BCUT2D eigenvalue weighted by atomic mass is 16.5. The zero-order chi connectivity index (χ0) is 14.1. The zero-order valence-electron chi connectivity index (χ0n) is 12.1. The molecule has 3 rings (SSSR count). The summed E-state index contributed by atoms with van der Waals surface area (Å²) in [6.45, 7) is 7.39. The Morgan fingerprint density at radius 2 is 2.25 bits per heavy atom. The first-order chi connectivity index (χ1) is 9.69. The van der Waals surface area contributed by atoms with Gasteiger partial charge in [-0.1, -0.05) is 0 Å². The molecule has 0 radical (unpaired) electrons. The minimum absolute atomic E-state index is 0.235. The summed E-state index contributed by atoms with van der Waals surface area (Å²) >= 11 is 0. The van der Waals surface area contributed by atoms with Gasteiger partial charge in [-0.2, -0.15) is 5.10 Å². The number of methoxy groups -OCH3 is 1. The van der Waals surface area contributed by atoms with Crippen LogP contribution in [0.4, 0.5) is 0 Å². The van der Waals surface area contributed by atoms with Crippen molar-refractivity contribution in [2.45, 2.75) is 39.6 Å². The average molecular weight is 276 g/mol. The van der Waals surface area contributed by atoms with Crippen LogP contribution in [0.15, 0.2) is 6.07 Å². The van der Waals surface area contributed by atoms with E-state index in [1.54, 1.807) is 7.11 Å². The highest BCUT2D eigenvalue weighted by molar-refractivity contribution is 5.09. The maximum atomic E-state index is 5.16. The second-order valence-electron chi connectivity index (χ2n) is 5.25. The highest BCUT2D eigenvalue weighted by Gasteiger charge is 2.28. The second-order valence-corrected chi connectivity index (χ2v) is 5.25. The van der Waals surface area contributed by atoms with Gasteiger partial charge >= 0.3 is 0 Å². The molecule has 2 aromatic rings. The summed E-state index contributed by atoms with van der Waals surface area (Å²) < 4.78 is 7.33. The van der Waals surface area contributed by atoms with Gasteiger partial charge in [0.15, 0.2) is 5.82 Å². The molecule has 20 heavy (non-hydrogen) atoms. The number of hydrogen-bond acceptors (Lipinski definition) is 5. The van der Waals surface area contributed by atoms with E-state index in [1.807, 2.05) is 6.92 Å². The number of nitrogens with one attached hydrogen (secondary N) is 1. The first kappa shape index (κ1) is 13.3. The van der Waals surface area contributed by atoms with Crippen LogP contribution in [-0.4, -0.2) is 43.5 Å². The molecule has 0 saturated carbocycles. The van der Waals surface area contributed by atoms with Crippen LogP contribution in [0.1, 0.15) is 36.0 Å². The Bertz CT molecular complexity index is 589. The van der Waals surface area contributed by atoms with Gasteiger partial charge in [-0.15, -0.1) is 10.2 Å². The third-order valence-electron chi connectivity index (χ3n) is 3.79. The number of fused-ring (bicyclic) bond motifs is 1. The van der Waals surface area contributed by atoms with Crippen molar-refractivity contribution in [1.29, 1.82) is 0 Å². The first-order valence-electron chi connectivity index (χ1n) is 6.85. The molecule has 1 aliphatic heterocycles. The molecule has 1 N–H and O–H groups in total. The SMILES string of the molecule is COCc1nnc2n1CCN(Cc1cc(C)[nH]n1)[C@H]2C. The lowest BCUT2D eigenvalue weighted by molar-refractivity contribution is 0.142. The molecule has 0 unspecified atom stereocenters. The van der Waals surface area contributed by atoms with E-state index in [0.717, 1.165) is 42.7 Å². The third kappa shape index (κ3) is 2.34. The summed E-state index contributed by atoms with van der Waals surface area (Å²) in [4.78, 5) is 2.37. The molecular formula is C13H20N6O. The molecule has 7 heteroatoms. The van der Waals surface area contributed by atoms with Gasteiger partial charge in [0, 0.05) is 32.4 Å². The van der Waals surface area contributed by atoms with Crippen LogP contribution in [0.5, 0.6) is 0 Å². The van der Waals surface area contributed by atoms with Crippen LogP contribution in [0.2, 0.25) is 0 Å². The van der Waals surface area contributed by atoms with Gasteiger partial charge in [-0.05, 0) is 19.9 Å². The molecule has 0 fully saturated rings. The molecule has 1 aliphatic rings. The molecule has 108 valence electrons. The summed E-state index contributed by atoms with van der Waals surface area (Å²) in [6, 6.07) is 2.32. The van der Waals surface area contributed by atoms with Crippen LogP contribution in [0, 0.1) is 6.92 Å². The van der Waals surface area contributed by atoms with E-state index in [1.165, 1.54) is 0 Å². The lowest BCUT2D eigenvalue weighted by atomic mass is 10.2. The van der Waals surface area contributed by atoms with Gasteiger partial charge in [0.05, 0.1) is 11.7 Å². The van der Waals surface area contributed by atoms with Gasteiger partial charge in [0.2, 0.25) is 0 Å². The molecular weight excluding hydrogens is 256 g/mol. The maximum Gasteiger partial charge on any atom is 0.159 e. The van der Waals surface area contributed by atoms with Crippen LogP contribution in [0.25, 0.3) is 0 Å². The predicted octanol–water partition coefficient (Wildman–Crippen LogP) is 1.03. The van der Waals surface area contributed by atoms with Crippen molar-refractivity contribution in [2.75, 3.05) is 13.7 Å². The van der Waals surface area contributed by atoms with Crippen LogP contribution in [0.3, 0.4) is 0 Å². The molecule has 2 aromatic heterocycles. The Labute approximate surface area is 117 Å². The van der Waals surface area contributed by atoms with Crippen molar-refractivity contribution in [3.63, 3.8) is 0 Å². The Kier molecular flexibility index (Phi) is 3.54. The lowest BCUT2D eigenvalue weighted by Crippen LogP contribution is -2.37. The Morgan fingerprint density at radius 1 is 1.40 bits per heavy atom. The van der Waals surface area contributed by atoms with E-state index in [2.05, 4.69) is 42.9 Å². The number of rotatable bonds is 4. The Hall–Kier alpha value is -1.73. The minimum Gasteiger partial charge on any atom is -0.377 e. The average Bonchev–Trinajstić information content (AvgIpc) is 3.01. The molecule has 3 heterocycles. The Balaban J connectivity index is 1.77. The van der Waals surface area contributed by atoms with Crippen molar-refractivity contribution >= 4 is 0 Å². The molecule has 0 bridgehead atoms. The second kappa shape index (κ2) is 5.34. The van der Waals surface area contributed by atoms with E-state index < -0.39 is 0 Å². The molecule has 0 amide bonds. The van der Waals surface area contributed by atoms with Crippen molar-refractivity contribution in [3.8, 4) is 0 Å². The number of aryl methyl sites for hydroxylation is 1. The summed E-state index contributed by atoms with van der Waals surface area (Å²) in [5, 5.41) is 15.8. The fraction of sp³-hybridized carbons (Fsp3) is 0.615. The number of aromatic nitrogens is 5. The quantitative estimate of drug-likeness (QED) is 0.903. The van der Waals surface area contributed by atoms with Gasteiger partial charge in [0.25, 0.3) is 0 Å². The van der Waals surface area contributed by atoms with Crippen molar-refractivity contribution in [1.82, 2.24) is 29.9 Å². The fourth-order valence-electron chi connectivity index (χ4n) is 2.70. The number of nitrogens with zero attached hydrogens (tertiary/aromatic N) is 5. The molecule has 0 saturated heterocycles. The standard InChI is InChI=1S/C13H20N6O/c1-9-6-11(15-14-9)7-18-4-5-19-12(8-20-3)16-17-13(19)10(18)2/h6,10H,4-5,7-8H2,1-3H3,(H,14,15)/t10-/m0/s1. The van der Waals surface area contributed by atoms with Gasteiger partial charge in [-0.3, -0.25) is 10.00 Å². The molecule has 0 aliphatic carbocycles. The van der Waals surface area contributed by atoms with Crippen molar-refractivity contribution in [3.05, 3.63) is 29.1 Å². The van der Waals surface area contributed by atoms with Crippen LogP contribution in [-0.2, 0) is 24.4 Å². The topological polar surface area (TPSA) is 71.9 Å². The van der Waals surface area contributed by atoms with E-state index in [4.69, 9.17) is 4.74 Å². The molecule has 0 spiro atoms. The van der Waals surface area contributed by atoms with Crippen LogP contribution >= 0.6 is 0 Å². The van der Waals surface area contributed by atoms with Crippen molar-refractivity contribution in [2.24, 2.45) is 0 Å². The van der Waals surface area contributed by atoms with Gasteiger partial charge in [0.1, 0.15) is 12.4 Å². The predicted molar refractivity (Wildman–Crippen MR) is 72.9 cm³/mol. The third-order valence-corrected chi connectivity index (χ3v) is 3.79. The summed E-state index contributed by atoms with van der Waals surface area (Å²) in [5.41, 5.74) is 2.16. The largest absolute Gasteiger partial charge is 0.377 e. The van der Waals surface area contributed by atoms with E-state index in [-0.39, 0.29) is 6.04 Å². The monoisotopic (exact) mass is 276 g/mol. The number of H-pyrrole nitrogens is 1. The number of ether oxygens (including phenoxy) is 1. The summed E-state index contributed by atoms with van der Waals surface area (Å²) in [7, 11) is 1.68. The zero-order valence-corrected chi connectivity index (χ0v) is 12.1. The van der Waals surface area contributed by atoms with Crippen LogP contribution < -0.4 is 0 Å². The summed E-state index contributed by atoms with van der Waals surface area (Å²) in [6.07, 6.45) is 0. The fourth-order valence-corrected chi connectivity index (χ4v) is 2.70.